The standard InChI is InChI=1S/C31H32N2O6/c1-31(2,3)39-30(37)33-17-19(20-10-8-9-15-27(20)33)16-26(28(34)35)32-29(36)38-18-25-23-13-6-4-11-21(23)22-12-5-7-14-24(22)25/h4-15,19,25-26H,16-18H2,1-3H3,(H,32,36)(H,34,35)/t19-,26-/m0/s1. The van der Waals surface area contributed by atoms with E-state index in [1.807, 2.05) is 60.7 Å². The number of fused-ring (bicyclic) bond motifs is 4. The maximum Gasteiger partial charge on any atom is 0.414 e. The molecule has 0 saturated heterocycles. The Balaban J connectivity index is 1.26. The molecule has 0 saturated carbocycles. The van der Waals surface area contributed by atoms with Crippen LogP contribution in [0, 0.1) is 0 Å². The highest BCUT2D eigenvalue weighted by molar-refractivity contribution is 5.91. The van der Waals surface area contributed by atoms with Crippen molar-refractivity contribution in [2.24, 2.45) is 0 Å². The number of nitrogens with one attached hydrogen (secondary N) is 1. The first kappa shape index (κ1) is 26.3. The van der Waals surface area contributed by atoms with Crippen molar-refractivity contribution in [1.29, 1.82) is 0 Å². The van der Waals surface area contributed by atoms with Crippen molar-refractivity contribution < 1.29 is 29.0 Å². The monoisotopic (exact) mass is 528 g/mol. The lowest BCUT2D eigenvalue weighted by Crippen LogP contribution is -2.43. The summed E-state index contributed by atoms with van der Waals surface area (Å²) >= 11 is 0. The third-order valence-corrected chi connectivity index (χ3v) is 7.14. The number of anilines is 1. The SMILES string of the molecule is CC(C)(C)OC(=O)N1C[C@H](C[C@H](NC(=O)OCC2c3ccccc3-c3ccccc32)C(=O)O)c2ccccc21. The second-order valence-corrected chi connectivity index (χ2v) is 10.9. The third-order valence-electron chi connectivity index (χ3n) is 7.14. The number of rotatable bonds is 6. The van der Waals surface area contributed by atoms with E-state index in [2.05, 4.69) is 17.4 Å². The molecule has 3 aromatic carbocycles. The number of carbonyl (C=O) groups is 3. The zero-order valence-electron chi connectivity index (χ0n) is 22.2. The zero-order chi connectivity index (χ0) is 27.7. The largest absolute Gasteiger partial charge is 0.480 e. The highest BCUT2D eigenvalue weighted by Gasteiger charge is 2.37. The number of carboxylic acids is 1. The van der Waals surface area contributed by atoms with E-state index >= 15 is 0 Å². The molecular formula is C31H32N2O6. The van der Waals surface area contributed by atoms with E-state index < -0.39 is 29.8 Å². The number of para-hydroxylation sites is 1. The van der Waals surface area contributed by atoms with Gasteiger partial charge in [-0.25, -0.2) is 14.4 Å². The van der Waals surface area contributed by atoms with Crippen molar-refractivity contribution in [1.82, 2.24) is 5.32 Å². The Morgan fingerprint density at radius 3 is 2.08 bits per heavy atom. The number of hydrogen-bond acceptors (Lipinski definition) is 5. The number of ether oxygens (including phenoxy) is 2. The first-order valence-corrected chi connectivity index (χ1v) is 13.1. The van der Waals surface area contributed by atoms with Crippen LogP contribution in [-0.2, 0) is 14.3 Å². The molecule has 2 amide bonds. The predicted octanol–water partition coefficient (Wildman–Crippen LogP) is 5.91. The highest BCUT2D eigenvalue weighted by Crippen LogP contribution is 2.44. The fourth-order valence-electron chi connectivity index (χ4n) is 5.48. The van der Waals surface area contributed by atoms with E-state index in [4.69, 9.17) is 9.47 Å². The minimum atomic E-state index is -1.20. The Morgan fingerprint density at radius 2 is 1.49 bits per heavy atom. The molecule has 2 aliphatic rings. The number of benzene rings is 3. The van der Waals surface area contributed by atoms with E-state index in [0.717, 1.165) is 27.8 Å². The summed E-state index contributed by atoms with van der Waals surface area (Å²) in [6.07, 6.45) is -1.19. The highest BCUT2D eigenvalue weighted by atomic mass is 16.6. The summed E-state index contributed by atoms with van der Waals surface area (Å²) in [5, 5.41) is 12.5. The van der Waals surface area contributed by atoms with Gasteiger partial charge in [-0.3, -0.25) is 4.90 Å². The van der Waals surface area contributed by atoms with Crippen LogP contribution in [0.25, 0.3) is 11.1 Å². The van der Waals surface area contributed by atoms with Gasteiger partial charge in [0.2, 0.25) is 0 Å². The van der Waals surface area contributed by atoms with Crippen LogP contribution in [0.4, 0.5) is 15.3 Å². The summed E-state index contributed by atoms with van der Waals surface area (Å²) in [5.41, 5.74) is 5.22. The van der Waals surface area contributed by atoms with Gasteiger partial charge in [-0.15, -0.1) is 0 Å². The fraction of sp³-hybridized carbons (Fsp3) is 0.323. The summed E-state index contributed by atoms with van der Waals surface area (Å²) < 4.78 is 11.1. The van der Waals surface area contributed by atoms with Crippen LogP contribution in [-0.4, -0.2) is 48.1 Å². The van der Waals surface area contributed by atoms with Crippen molar-refractivity contribution in [3.63, 3.8) is 0 Å². The van der Waals surface area contributed by atoms with Gasteiger partial charge in [0.25, 0.3) is 0 Å². The van der Waals surface area contributed by atoms with Crippen LogP contribution >= 0.6 is 0 Å². The quantitative estimate of drug-likeness (QED) is 0.412. The minimum Gasteiger partial charge on any atom is -0.480 e. The van der Waals surface area contributed by atoms with E-state index in [1.54, 1.807) is 20.8 Å². The molecule has 1 heterocycles. The molecule has 2 atom stereocenters. The molecule has 0 fully saturated rings. The van der Waals surface area contributed by atoms with Gasteiger partial charge >= 0.3 is 18.2 Å². The van der Waals surface area contributed by atoms with Gasteiger partial charge in [0.15, 0.2) is 0 Å². The first-order chi connectivity index (χ1) is 18.6. The Morgan fingerprint density at radius 1 is 0.923 bits per heavy atom. The molecule has 5 rings (SSSR count). The van der Waals surface area contributed by atoms with Crippen molar-refractivity contribution in [3.05, 3.63) is 89.5 Å². The Kier molecular flexibility index (Phi) is 7.04. The summed E-state index contributed by atoms with van der Waals surface area (Å²) in [4.78, 5) is 39.3. The zero-order valence-corrected chi connectivity index (χ0v) is 22.2. The van der Waals surface area contributed by atoms with Gasteiger partial charge in [-0.05, 0) is 61.1 Å². The molecule has 1 aliphatic carbocycles. The van der Waals surface area contributed by atoms with Crippen LogP contribution in [0.3, 0.4) is 0 Å². The normalized spacial score (nSPS) is 16.6. The number of hydrogen-bond donors (Lipinski definition) is 2. The van der Waals surface area contributed by atoms with Crippen LogP contribution < -0.4 is 10.2 Å². The number of carboxylic acid groups (broad SMARTS) is 1. The molecule has 0 radical (unpaired) electrons. The molecule has 1 aliphatic heterocycles. The Labute approximate surface area is 227 Å². The molecule has 8 nitrogen and oxygen atoms in total. The molecule has 0 unspecified atom stereocenters. The van der Waals surface area contributed by atoms with Gasteiger partial charge in [0, 0.05) is 18.4 Å². The molecule has 0 aromatic heterocycles. The summed E-state index contributed by atoms with van der Waals surface area (Å²) in [7, 11) is 0. The first-order valence-electron chi connectivity index (χ1n) is 13.1. The molecule has 202 valence electrons. The molecule has 0 spiro atoms. The van der Waals surface area contributed by atoms with E-state index in [0.29, 0.717) is 5.69 Å². The van der Waals surface area contributed by atoms with Gasteiger partial charge in [-0.1, -0.05) is 66.7 Å². The lowest BCUT2D eigenvalue weighted by molar-refractivity contribution is -0.139. The lowest BCUT2D eigenvalue weighted by atomic mass is 9.94. The van der Waals surface area contributed by atoms with E-state index in [9.17, 15) is 19.5 Å². The molecule has 39 heavy (non-hydrogen) atoms. The third kappa shape index (κ3) is 5.46. The molecular weight excluding hydrogens is 496 g/mol. The lowest BCUT2D eigenvalue weighted by Gasteiger charge is -2.25. The predicted molar refractivity (Wildman–Crippen MR) is 147 cm³/mol. The topological polar surface area (TPSA) is 105 Å². The van der Waals surface area contributed by atoms with Crippen molar-refractivity contribution in [2.75, 3.05) is 18.1 Å². The minimum absolute atomic E-state index is 0.0882. The maximum absolute atomic E-state index is 12.9. The smallest absolute Gasteiger partial charge is 0.414 e. The Hall–Kier alpha value is -4.33. The molecule has 3 aromatic rings. The number of aliphatic carboxylic acids is 1. The van der Waals surface area contributed by atoms with E-state index in [-0.39, 0.29) is 31.4 Å². The second-order valence-electron chi connectivity index (χ2n) is 10.9. The van der Waals surface area contributed by atoms with Crippen LogP contribution in [0.5, 0.6) is 0 Å². The number of carbonyl (C=O) groups excluding carboxylic acids is 2. The average Bonchev–Trinajstić information content (AvgIpc) is 3.42. The number of amides is 2. The van der Waals surface area contributed by atoms with Crippen molar-refractivity contribution in [3.8, 4) is 11.1 Å². The van der Waals surface area contributed by atoms with Crippen LogP contribution in [0.2, 0.25) is 0 Å². The van der Waals surface area contributed by atoms with Crippen molar-refractivity contribution >= 4 is 23.8 Å². The van der Waals surface area contributed by atoms with Gasteiger partial charge in [0.1, 0.15) is 18.2 Å². The van der Waals surface area contributed by atoms with Gasteiger partial charge in [0.05, 0.1) is 5.69 Å². The number of nitrogens with zero attached hydrogens (tertiary/aromatic N) is 1. The van der Waals surface area contributed by atoms with Crippen molar-refractivity contribution in [2.45, 2.75) is 50.7 Å². The summed E-state index contributed by atoms with van der Waals surface area (Å²) in [6, 6.07) is 22.2. The molecule has 0 bridgehead atoms. The average molecular weight is 529 g/mol. The van der Waals surface area contributed by atoms with Crippen LogP contribution in [0.15, 0.2) is 72.8 Å². The van der Waals surface area contributed by atoms with E-state index in [1.165, 1.54) is 4.90 Å². The molecule has 2 N–H and O–H groups in total. The van der Waals surface area contributed by atoms with Gasteiger partial charge in [-0.2, -0.15) is 0 Å². The second kappa shape index (κ2) is 10.4. The number of alkyl carbamates (subject to hydrolysis) is 1. The Bertz CT molecular complexity index is 1370. The maximum atomic E-state index is 12.9. The summed E-state index contributed by atoms with van der Waals surface area (Å²) in [5.74, 6) is -1.60. The fourth-order valence-corrected chi connectivity index (χ4v) is 5.48. The van der Waals surface area contributed by atoms with Gasteiger partial charge < -0.3 is 19.9 Å². The molecule has 8 heteroatoms. The summed E-state index contributed by atoms with van der Waals surface area (Å²) in [6.45, 7) is 5.73. The van der Waals surface area contributed by atoms with Crippen LogP contribution in [0.1, 0.15) is 55.7 Å².